The summed E-state index contributed by atoms with van der Waals surface area (Å²) in [7, 11) is 0. The minimum atomic E-state index is -0.794. The van der Waals surface area contributed by atoms with Crippen LogP contribution in [0.3, 0.4) is 0 Å². The molecule has 0 radical (unpaired) electrons. The van der Waals surface area contributed by atoms with Gasteiger partial charge in [-0.1, -0.05) is 38.7 Å². The summed E-state index contributed by atoms with van der Waals surface area (Å²) in [6, 6.07) is 5.69. The number of carbonyl (C=O) groups excluding carboxylic acids is 1. The van der Waals surface area contributed by atoms with Crippen LogP contribution in [0.25, 0.3) is 0 Å². The lowest BCUT2D eigenvalue weighted by atomic mass is 10.00. The Morgan fingerprint density at radius 1 is 1.20 bits per heavy atom. The van der Waals surface area contributed by atoms with E-state index in [1.807, 2.05) is 18.2 Å². The molecule has 2 aliphatic heterocycles. The lowest BCUT2D eigenvalue weighted by Gasteiger charge is -2.31. The first-order valence-electron chi connectivity index (χ1n) is 11.7. The maximum Gasteiger partial charge on any atom is 0.220 e. The number of rotatable bonds is 11. The molecule has 0 saturated carbocycles. The lowest BCUT2D eigenvalue weighted by molar-refractivity contribution is -0.123. The van der Waals surface area contributed by atoms with E-state index in [1.54, 1.807) is 0 Å². The Labute approximate surface area is 180 Å². The van der Waals surface area contributed by atoms with Gasteiger partial charge in [0.1, 0.15) is 19.3 Å². The van der Waals surface area contributed by atoms with Crippen molar-refractivity contribution >= 4 is 5.91 Å². The highest BCUT2D eigenvalue weighted by Crippen LogP contribution is 2.33. The molecule has 0 aromatic heterocycles. The Kier molecular flexibility index (Phi) is 8.82. The predicted octanol–water partition coefficient (Wildman–Crippen LogP) is 3.82. The van der Waals surface area contributed by atoms with Crippen LogP contribution >= 0.6 is 0 Å². The monoisotopic (exact) mass is 418 g/mol. The van der Waals surface area contributed by atoms with Crippen molar-refractivity contribution in [2.24, 2.45) is 0 Å². The number of nitrogens with zero attached hydrogens (tertiary/aromatic N) is 1. The number of nitrogens with one attached hydrogen (secondary N) is 1. The van der Waals surface area contributed by atoms with E-state index in [-0.39, 0.29) is 11.9 Å². The highest BCUT2D eigenvalue weighted by molar-refractivity contribution is 5.76. The number of amides is 1. The Bertz CT molecular complexity index is 681. The van der Waals surface area contributed by atoms with Crippen molar-refractivity contribution in [3.8, 4) is 11.5 Å². The fourth-order valence-electron chi connectivity index (χ4n) is 4.39. The van der Waals surface area contributed by atoms with Crippen LogP contribution in [0.5, 0.6) is 11.5 Å². The molecule has 1 aromatic carbocycles. The van der Waals surface area contributed by atoms with Gasteiger partial charge < -0.3 is 19.9 Å². The number of benzene rings is 1. The maximum absolute atomic E-state index is 12.6. The lowest BCUT2D eigenvalue weighted by Crippen LogP contribution is -2.48. The standard InChI is InChI=1S/C24H38N2O4/c1-3-4-5-6-7-10-23(27)25-20(17-26-13-8-9-18(26)2)24(28)19-11-12-21-22(16-19)30-15-14-29-21/h11-12,16,18,20,24,28H,3-10,13-15,17H2,1-2H3,(H,25,27)/t18?,20-,24+/m1/s1. The van der Waals surface area contributed by atoms with Crippen molar-refractivity contribution in [1.82, 2.24) is 10.2 Å². The fourth-order valence-corrected chi connectivity index (χ4v) is 4.39. The van der Waals surface area contributed by atoms with Gasteiger partial charge in [0.25, 0.3) is 0 Å². The maximum atomic E-state index is 12.6. The summed E-state index contributed by atoms with van der Waals surface area (Å²) in [4.78, 5) is 15.0. The summed E-state index contributed by atoms with van der Waals surface area (Å²) in [5.74, 6) is 1.39. The van der Waals surface area contributed by atoms with E-state index in [2.05, 4.69) is 24.1 Å². The van der Waals surface area contributed by atoms with Crippen LogP contribution in [0, 0.1) is 0 Å². The molecule has 3 atom stereocenters. The molecular weight excluding hydrogens is 380 g/mol. The zero-order chi connectivity index (χ0) is 21.3. The van der Waals surface area contributed by atoms with Crippen LogP contribution in [0.2, 0.25) is 0 Å². The summed E-state index contributed by atoms with van der Waals surface area (Å²) in [5.41, 5.74) is 0.749. The second-order valence-electron chi connectivity index (χ2n) is 8.67. The Hall–Kier alpha value is -1.79. The molecule has 1 saturated heterocycles. The van der Waals surface area contributed by atoms with Gasteiger partial charge in [-0.3, -0.25) is 9.69 Å². The predicted molar refractivity (Wildman–Crippen MR) is 118 cm³/mol. The van der Waals surface area contributed by atoms with E-state index in [1.165, 1.54) is 25.7 Å². The molecule has 168 valence electrons. The highest BCUT2D eigenvalue weighted by Gasteiger charge is 2.30. The van der Waals surface area contributed by atoms with Crippen LogP contribution in [-0.4, -0.2) is 54.3 Å². The number of likely N-dealkylation sites (tertiary alicyclic amines) is 1. The molecule has 0 aliphatic carbocycles. The van der Waals surface area contributed by atoms with Gasteiger partial charge in [0.15, 0.2) is 11.5 Å². The Balaban J connectivity index is 1.64. The number of ether oxygens (including phenoxy) is 2. The summed E-state index contributed by atoms with van der Waals surface area (Å²) in [6.07, 6.45) is 7.64. The molecule has 0 bridgehead atoms. The number of aliphatic hydroxyl groups excluding tert-OH is 1. The normalized spacial score (nSPS) is 20.7. The van der Waals surface area contributed by atoms with Crippen LogP contribution in [0.1, 0.15) is 76.9 Å². The van der Waals surface area contributed by atoms with Gasteiger partial charge in [-0.05, 0) is 50.4 Å². The SMILES string of the molecule is CCCCCCCC(=O)N[C@H](CN1CCCC1C)[C@@H](O)c1ccc2c(c1)OCCO2. The van der Waals surface area contributed by atoms with Crippen molar-refractivity contribution < 1.29 is 19.4 Å². The fraction of sp³-hybridized carbons (Fsp3) is 0.708. The molecule has 2 aliphatic rings. The number of hydrogen-bond acceptors (Lipinski definition) is 5. The molecule has 1 unspecified atom stereocenters. The van der Waals surface area contributed by atoms with Crippen molar-refractivity contribution in [3.63, 3.8) is 0 Å². The minimum Gasteiger partial charge on any atom is -0.486 e. The van der Waals surface area contributed by atoms with Gasteiger partial charge in [-0.2, -0.15) is 0 Å². The molecule has 2 N–H and O–H groups in total. The van der Waals surface area contributed by atoms with Gasteiger partial charge in [0.05, 0.1) is 6.04 Å². The van der Waals surface area contributed by atoms with E-state index in [4.69, 9.17) is 9.47 Å². The zero-order valence-electron chi connectivity index (χ0n) is 18.6. The average molecular weight is 419 g/mol. The topological polar surface area (TPSA) is 71.0 Å². The first-order valence-corrected chi connectivity index (χ1v) is 11.7. The van der Waals surface area contributed by atoms with E-state index in [0.717, 1.165) is 31.4 Å². The number of aliphatic hydroxyl groups is 1. The van der Waals surface area contributed by atoms with Gasteiger partial charge in [0.2, 0.25) is 5.91 Å². The molecule has 2 heterocycles. The van der Waals surface area contributed by atoms with Crippen molar-refractivity contribution in [3.05, 3.63) is 23.8 Å². The molecule has 1 fully saturated rings. The van der Waals surface area contributed by atoms with E-state index < -0.39 is 6.10 Å². The number of carbonyl (C=O) groups is 1. The van der Waals surface area contributed by atoms with Crippen LogP contribution in [0.4, 0.5) is 0 Å². The number of hydrogen-bond donors (Lipinski definition) is 2. The van der Waals surface area contributed by atoms with Gasteiger partial charge in [0, 0.05) is 19.0 Å². The first kappa shape index (κ1) is 22.9. The van der Waals surface area contributed by atoms with Gasteiger partial charge in [-0.25, -0.2) is 0 Å². The Morgan fingerprint density at radius 3 is 2.70 bits per heavy atom. The highest BCUT2D eigenvalue weighted by atomic mass is 16.6. The molecule has 1 aromatic rings. The number of fused-ring (bicyclic) bond motifs is 1. The first-order chi connectivity index (χ1) is 14.6. The third kappa shape index (κ3) is 6.35. The quantitative estimate of drug-likeness (QED) is 0.535. The van der Waals surface area contributed by atoms with E-state index >= 15 is 0 Å². The third-order valence-electron chi connectivity index (χ3n) is 6.26. The van der Waals surface area contributed by atoms with Crippen molar-refractivity contribution in [1.29, 1.82) is 0 Å². The van der Waals surface area contributed by atoms with E-state index in [0.29, 0.717) is 43.7 Å². The number of unbranched alkanes of at least 4 members (excludes halogenated alkanes) is 4. The molecule has 1 amide bonds. The summed E-state index contributed by atoms with van der Waals surface area (Å²) in [6.45, 7) is 7.12. The third-order valence-corrected chi connectivity index (χ3v) is 6.26. The molecule has 6 nitrogen and oxygen atoms in total. The molecule has 6 heteroatoms. The van der Waals surface area contributed by atoms with Gasteiger partial charge >= 0.3 is 0 Å². The second kappa shape index (κ2) is 11.6. The van der Waals surface area contributed by atoms with Crippen molar-refractivity contribution in [2.45, 2.75) is 83.4 Å². The Morgan fingerprint density at radius 2 is 1.97 bits per heavy atom. The van der Waals surface area contributed by atoms with Crippen LogP contribution in [-0.2, 0) is 4.79 Å². The smallest absolute Gasteiger partial charge is 0.220 e. The summed E-state index contributed by atoms with van der Waals surface area (Å²) in [5, 5.41) is 14.3. The molecule has 0 spiro atoms. The molecule has 30 heavy (non-hydrogen) atoms. The minimum absolute atomic E-state index is 0.0277. The average Bonchev–Trinajstić information content (AvgIpc) is 3.16. The largest absolute Gasteiger partial charge is 0.486 e. The second-order valence-corrected chi connectivity index (χ2v) is 8.67. The molecule has 3 rings (SSSR count). The van der Waals surface area contributed by atoms with E-state index in [9.17, 15) is 9.90 Å². The van der Waals surface area contributed by atoms with Crippen molar-refractivity contribution in [2.75, 3.05) is 26.3 Å². The zero-order valence-corrected chi connectivity index (χ0v) is 18.6. The van der Waals surface area contributed by atoms with Crippen LogP contribution in [0.15, 0.2) is 18.2 Å². The summed E-state index contributed by atoms with van der Waals surface area (Å²) >= 11 is 0. The summed E-state index contributed by atoms with van der Waals surface area (Å²) < 4.78 is 11.3. The van der Waals surface area contributed by atoms with Gasteiger partial charge in [-0.15, -0.1) is 0 Å². The molecular formula is C24H38N2O4. The van der Waals surface area contributed by atoms with Crippen LogP contribution < -0.4 is 14.8 Å².